The third kappa shape index (κ3) is 5.80. The topological polar surface area (TPSA) is 128 Å². The molecule has 1 amide bonds. The molecular formula is C15H26N2O6. The van der Waals surface area contributed by atoms with Gasteiger partial charge in [-0.15, -0.1) is 0 Å². The summed E-state index contributed by atoms with van der Waals surface area (Å²) in [6.07, 6.45) is 1.27. The van der Waals surface area contributed by atoms with Crippen molar-refractivity contribution in [3.8, 4) is 0 Å². The molecule has 0 aliphatic heterocycles. The van der Waals surface area contributed by atoms with Crippen molar-refractivity contribution in [2.24, 2.45) is 17.6 Å². The standard InChI is InChI=1S/C15H26N2O6/c1-8-4-5-9(2)13(8)23-15(21)11(7-22-3)17-14(20)10(16)6-12(18)19/h8-11,13H,4-7,16H2,1-3H3,(H,17,20)(H,18,19)/t8?,9?,10-,11+,13?/m0/s1. The smallest absolute Gasteiger partial charge is 0.331 e. The number of rotatable bonds is 8. The Balaban J connectivity index is 2.64. The van der Waals surface area contributed by atoms with Crippen LogP contribution in [-0.2, 0) is 23.9 Å². The zero-order chi connectivity index (χ0) is 17.6. The molecule has 0 heterocycles. The van der Waals surface area contributed by atoms with E-state index in [0.29, 0.717) is 0 Å². The van der Waals surface area contributed by atoms with Crippen LogP contribution in [0, 0.1) is 11.8 Å². The summed E-state index contributed by atoms with van der Waals surface area (Å²) in [5, 5.41) is 11.1. The number of carbonyl (C=O) groups excluding carboxylic acids is 2. The van der Waals surface area contributed by atoms with Crippen molar-refractivity contribution in [2.45, 2.75) is 51.3 Å². The monoisotopic (exact) mass is 330 g/mol. The molecule has 23 heavy (non-hydrogen) atoms. The van der Waals surface area contributed by atoms with Crippen molar-refractivity contribution in [2.75, 3.05) is 13.7 Å². The Morgan fingerprint density at radius 1 is 1.26 bits per heavy atom. The second-order valence-electron chi connectivity index (χ2n) is 6.15. The number of carbonyl (C=O) groups is 3. The maximum Gasteiger partial charge on any atom is 0.331 e. The molecule has 0 radical (unpaired) electrons. The van der Waals surface area contributed by atoms with E-state index in [-0.39, 0.29) is 24.5 Å². The van der Waals surface area contributed by atoms with Gasteiger partial charge in [0.05, 0.1) is 19.1 Å². The Morgan fingerprint density at radius 3 is 2.30 bits per heavy atom. The first-order chi connectivity index (χ1) is 10.8. The molecule has 8 nitrogen and oxygen atoms in total. The van der Waals surface area contributed by atoms with Crippen LogP contribution in [0.4, 0.5) is 0 Å². The lowest BCUT2D eigenvalue weighted by Crippen LogP contribution is -2.52. The molecule has 2 unspecified atom stereocenters. The van der Waals surface area contributed by atoms with E-state index in [1.165, 1.54) is 7.11 Å². The fraction of sp³-hybridized carbons (Fsp3) is 0.800. The van der Waals surface area contributed by atoms with Gasteiger partial charge in [-0.2, -0.15) is 0 Å². The molecule has 1 rings (SSSR count). The SMILES string of the molecule is COC[C@@H](NC(=O)[C@@H](N)CC(=O)O)C(=O)OC1C(C)CCC1C. The van der Waals surface area contributed by atoms with Gasteiger partial charge >= 0.3 is 11.9 Å². The summed E-state index contributed by atoms with van der Waals surface area (Å²) >= 11 is 0. The number of hydrogen-bond acceptors (Lipinski definition) is 6. The minimum absolute atomic E-state index is 0.0696. The third-order valence-corrected chi connectivity index (χ3v) is 4.12. The molecule has 0 aromatic carbocycles. The Labute approximate surface area is 135 Å². The van der Waals surface area contributed by atoms with E-state index in [1.807, 2.05) is 13.8 Å². The van der Waals surface area contributed by atoms with Crippen molar-refractivity contribution < 1.29 is 29.0 Å². The number of hydrogen-bond donors (Lipinski definition) is 3. The van der Waals surface area contributed by atoms with Crippen molar-refractivity contribution in [3.05, 3.63) is 0 Å². The second-order valence-corrected chi connectivity index (χ2v) is 6.15. The van der Waals surface area contributed by atoms with E-state index in [4.69, 9.17) is 20.3 Å². The number of nitrogens with one attached hydrogen (secondary N) is 1. The van der Waals surface area contributed by atoms with Gasteiger partial charge in [-0.3, -0.25) is 9.59 Å². The van der Waals surface area contributed by atoms with E-state index < -0.39 is 36.4 Å². The first-order valence-electron chi connectivity index (χ1n) is 7.73. The first kappa shape index (κ1) is 19.4. The molecule has 1 aliphatic carbocycles. The zero-order valence-corrected chi connectivity index (χ0v) is 13.8. The van der Waals surface area contributed by atoms with Crippen LogP contribution >= 0.6 is 0 Å². The molecule has 0 bridgehead atoms. The van der Waals surface area contributed by atoms with Crippen LogP contribution in [0.15, 0.2) is 0 Å². The third-order valence-electron chi connectivity index (χ3n) is 4.12. The van der Waals surface area contributed by atoms with Crippen LogP contribution in [0.5, 0.6) is 0 Å². The summed E-state index contributed by atoms with van der Waals surface area (Å²) in [6.45, 7) is 3.97. The number of aliphatic carboxylic acids is 1. The highest BCUT2D eigenvalue weighted by atomic mass is 16.5. The van der Waals surface area contributed by atoms with Gasteiger partial charge in [-0.1, -0.05) is 13.8 Å². The highest BCUT2D eigenvalue weighted by molar-refractivity contribution is 5.89. The van der Waals surface area contributed by atoms with Gasteiger partial charge in [0.25, 0.3) is 0 Å². The van der Waals surface area contributed by atoms with Crippen molar-refractivity contribution in [3.63, 3.8) is 0 Å². The fourth-order valence-corrected chi connectivity index (χ4v) is 2.76. The Kier molecular flexibility index (Phi) is 7.44. The molecule has 4 atom stereocenters. The predicted molar refractivity (Wildman–Crippen MR) is 81.5 cm³/mol. The number of esters is 1. The average molecular weight is 330 g/mol. The Morgan fingerprint density at radius 2 is 1.83 bits per heavy atom. The van der Waals surface area contributed by atoms with Crippen LogP contribution in [0.2, 0.25) is 0 Å². The minimum atomic E-state index is -1.23. The van der Waals surface area contributed by atoms with E-state index in [2.05, 4.69) is 5.32 Å². The number of ether oxygens (including phenoxy) is 2. The lowest BCUT2D eigenvalue weighted by molar-refractivity contribution is -0.158. The van der Waals surface area contributed by atoms with Gasteiger partial charge in [0.2, 0.25) is 5.91 Å². The predicted octanol–water partition coefficient (Wildman–Crippen LogP) is -0.103. The van der Waals surface area contributed by atoms with E-state index in [1.54, 1.807) is 0 Å². The summed E-state index contributed by atoms with van der Waals surface area (Å²) in [4.78, 5) is 34.7. The maximum absolute atomic E-state index is 12.3. The second kappa shape index (κ2) is 8.83. The zero-order valence-electron chi connectivity index (χ0n) is 13.8. The van der Waals surface area contributed by atoms with Gasteiger partial charge in [0.15, 0.2) is 6.04 Å². The summed E-state index contributed by atoms with van der Waals surface area (Å²) in [5.74, 6) is -1.97. The normalized spacial score (nSPS) is 26.3. The molecule has 0 aromatic rings. The Hall–Kier alpha value is -1.67. The lowest BCUT2D eigenvalue weighted by Gasteiger charge is -2.25. The minimum Gasteiger partial charge on any atom is -0.481 e. The molecule has 8 heteroatoms. The molecule has 1 saturated carbocycles. The average Bonchev–Trinajstić information content (AvgIpc) is 2.77. The lowest BCUT2D eigenvalue weighted by atomic mass is 10.0. The molecule has 1 aliphatic rings. The van der Waals surface area contributed by atoms with Gasteiger partial charge in [0.1, 0.15) is 6.10 Å². The summed E-state index contributed by atoms with van der Waals surface area (Å²) in [6, 6.07) is -2.24. The molecule has 4 N–H and O–H groups in total. The highest BCUT2D eigenvalue weighted by Crippen LogP contribution is 2.33. The summed E-state index contributed by atoms with van der Waals surface area (Å²) in [5.41, 5.74) is 5.48. The summed E-state index contributed by atoms with van der Waals surface area (Å²) in [7, 11) is 1.39. The molecule has 0 spiro atoms. The van der Waals surface area contributed by atoms with E-state index in [9.17, 15) is 14.4 Å². The number of carboxylic acids is 1. The number of nitrogens with two attached hydrogens (primary N) is 1. The highest BCUT2D eigenvalue weighted by Gasteiger charge is 2.36. The molecule has 0 aromatic heterocycles. The quantitative estimate of drug-likeness (QED) is 0.530. The van der Waals surface area contributed by atoms with Gasteiger partial charge in [-0.05, 0) is 24.7 Å². The van der Waals surface area contributed by atoms with Gasteiger partial charge < -0.3 is 25.6 Å². The molecular weight excluding hydrogens is 304 g/mol. The molecule has 132 valence electrons. The summed E-state index contributed by atoms with van der Waals surface area (Å²) < 4.78 is 10.5. The van der Waals surface area contributed by atoms with Crippen LogP contribution in [-0.4, -0.2) is 54.9 Å². The molecule has 0 saturated heterocycles. The molecule has 1 fully saturated rings. The van der Waals surface area contributed by atoms with E-state index in [0.717, 1.165) is 12.8 Å². The van der Waals surface area contributed by atoms with E-state index >= 15 is 0 Å². The van der Waals surface area contributed by atoms with Crippen molar-refractivity contribution in [1.82, 2.24) is 5.32 Å². The van der Waals surface area contributed by atoms with Gasteiger partial charge in [-0.25, -0.2) is 4.79 Å². The van der Waals surface area contributed by atoms with Crippen LogP contribution in [0.1, 0.15) is 33.1 Å². The van der Waals surface area contributed by atoms with Crippen molar-refractivity contribution >= 4 is 17.8 Å². The van der Waals surface area contributed by atoms with Crippen LogP contribution in [0.3, 0.4) is 0 Å². The van der Waals surface area contributed by atoms with Crippen LogP contribution in [0.25, 0.3) is 0 Å². The number of amides is 1. The van der Waals surface area contributed by atoms with Crippen molar-refractivity contribution in [1.29, 1.82) is 0 Å². The van der Waals surface area contributed by atoms with Gasteiger partial charge in [0, 0.05) is 7.11 Å². The maximum atomic E-state index is 12.3. The largest absolute Gasteiger partial charge is 0.481 e. The first-order valence-corrected chi connectivity index (χ1v) is 7.73. The fourth-order valence-electron chi connectivity index (χ4n) is 2.76. The number of carboxylic acid groups (broad SMARTS) is 1. The number of methoxy groups -OCH3 is 1. The van der Waals surface area contributed by atoms with Crippen LogP contribution < -0.4 is 11.1 Å². The Bertz CT molecular complexity index is 432.